The van der Waals surface area contributed by atoms with Gasteiger partial charge in [-0.3, -0.25) is 0 Å². The summed E-state index contributed by atoms with van der Waals surface area (Å²) in [6.45, 7) is 3.10. The molecule has 27 heavy (non-hydrogen) atoms. The van der Waals surface area contributed by atoms with E-state index in [0.29, 0.717) is 0 Å². The van der Waals surface area contributed by atoms with Crippen molar-refractivity contribution in [1.29, 1.82) is 0 Å². The average molecular weight is 399 g/mol. The van der Waals surface area contributed by atoms with Gasteiger partial charge in [-0.05, 0) is 12.1 Å². The van der Waals surface area contributed by atoms with E-state index in [-0.39, 0.29) is 51.4 Å². The molecule has 0 N–H and O–H groups in total. The first-order valence-electron chi connectivity index (χ1n) is 11.4. The summed E-state index contributed by atoms with van der Waals surface area (Å²) in [5.41, 5.74) is 0. The van der Waals surface area contributed by atoms with E-state index in [1.54, 1.807) is 0 Å². The fraction of sp³-hybridized carbons (Fsp3) is 0.720. The van der Waals surface area contributed by atoms with Crippen LogP contribution in [0.25, 0.3) is 0 Å². The number of hydrogen-bond acceptors (Lipinski definition) is 1. The number of para-hydroxylation sites is 1. The van der Waals surface area contributed by atoms with Crippen molar-refractivity contribution in [3.05, 3.63) is 36.8 Å². The summed E-state index contributed by atoms with van der Waals surface area (Å²) in [5.74, 6) is 0.984. The van der Waals surface area contributed by atoms with Crippen LogP contribution in [0.1, 0.15) is 110 Å². The minimum absolute atomic E-state index is 0. The Bertz CT molecular complexity index is 379. The molecule has 0 fully saturated rings. The van der Waals surface area contributed by atoms with Crippen LogP contribution in [0.2, 0.25) is 0 Å². The van der Waals surface area contributed by atoms with Crippen LogP contribution in [0.3, 0.4) is 0 Å². The third kappa shape index (κ3) is 19.7. The second kappa shape index (κ2) is 22.9. The molecule has 0 spiro atoms. The van der Waals surface area contributed by atoms with Crippen LogP contribution in [0, 0.1) is 6.42 Å². The molecule has 0 atom stereocenters. The van der Waals surface area contributed by atoms with E-state index in [0.717, 1.165) is 18.8 Å². The minimum Gasteiger partial charge on any atom is -0.496 e. The number of ether oxygens (including phenoxy) is 1. The van der Waals surface area contributed by atoms with Crippen molar-refractivity contribution < 1.29 is 56.1 Å². The van der Waals surface area contributed by atoms with Crippen molar-refractivity contribution in [3.63, 3.8) is 0 Å². The van der Waals surface area contributed by atoms with Crippen LogP contribution >= 0.6 is 0 Å². The van der Waals surface area contributed by atoms with Gasteiger partial charge in [0.05, 0.1) is 6.61 Å². The van der Waals surface area contributed by atoms with Gasteiger partial charge in [0.25, 0.3) is 0 Å². The van der Waals surface area contributed by atoms with E-state index in [4.69, 9.17) is 4.74 Å². The van der Waals surface area contributed by atoms with Crippen LogP contribution in [0.4, 0.5) is 0 Å². The first-order chi connectivity index (χ1) is 12.9. The van der Waals surface area contributed by atoms with Crippen molar-refractivity contribution in [3.8, 4) is 5.75 Å². The normalized spacial score (nSPS) is 10.6. The predicted molar refractivity (Wildman–Crippen MR) is 116 cm³/mol. The number of benzene rings is 1. The molecule has 0 amide bonds. The smallest absolute Gasteiger partial charge is 0.496 e. The van der Waals surface area contributed by atoms with E-state index in [2.05, 4.69) is 13.3 Å². The average Bonchev–Trinajstić information content (AvgIpc) is 2.68. The maximum Gasteiger partial charge on any atom is 1.00 e. The summed E-state index contributed by atoms with van der Waals surface area (Å²) in [6.07, 6.45) is 24.8. The molecule has 0 bridgehead atoms. The Morgan fingerprint density at radius 1 is 0.630 bits per heavy atom. The standard InChI is InChI=1S/C25H43O.K/c1-2-3-4-5-6-7-8-9-10-11-12-13-14-15-16-17-21-24-26-25-22-19-18-20-23-25;/h17-20,22-23H,2-16,21,24H2,1H3;/q-1;+1. The summed E-state index contributed by atoms with van der Waals surface area (Å²) in [5, 5.41) is 0. The molecule has 1 aromatic rings. The van der Waals surface area contributed by atoms with Gasteiger partial charge in [-0.1, -0.05) is 115 Å². The van der Waals surface area contributed by atoms with Crippen molar-refractivity contribution in [2.45, 2.75) is 110 Å². The molecular weight excluding hydrogens is 355 g/mol. The molecule has 0 saturated heterocycles. The van der Waals surface area contributed by atoms with Crippen LogP contribution in [0.15, 0.2) is 30.3 Å². The maximum atomic E-state index is 5.70. The molecule has 1 nitrogen and oxygen atoms in total. The predicted octanol–water partition coefficient (Wildman–Crippen LogP) is 5.54. The Hall–Kier alpha value is 0.656. The fourth-order valence-electron chi connectivity index (χ4n) is 3.40. The van der Waals surface area contributed by atoms with Crippen molar-refractivity contribution in [1.82, 2.24) is 0 Å². The van der Waals surface area contributed by atoms with Crippen LogP contribution in [-0.4, -0.2) is 6.61 Å². The summed E-state index contributed by atoms with van der Waals surface area (Å²) < 4.78 is 5.70. The van der Waals surface area contributed by atoms with Crippen LogP contribution in [0.5, 0.6) is 5.75 Å². The van der Waals surface area contributed by atoms with Gasteiger partial charge in [-0.2, -0.15) is 6.42 Å². The molecule has 150 valence electrons. The van der Waals surface area contributed by atoms with Gasteiger partial charge in [0, 0.05) is 0 Å². The zero-order valence-electron chi connectivity index (χ0n) is 18.4. The molecule has 0 aliphatic carbocycles. The van der Waals surface area contributed by atoms with Crippen molar-refractivity contribution in [2.24, 2.45) is 0 Å². The third-order valence-corrected chi connectivity index (χ3v) is 5.10. The van der Waals surface area contributed by atoms with Crippen molar-refractivity contribution >= 4 is 0 Å². The minimum atomic E-state index is 0. The summed E-state index contributed by atoms with van der Waals surface area (Å²) in [6, 6.07) is 10.1. The molecule has 1 aromatic carbocycles. The largest absolute Gasteiger partial charge is 1.00 e. The van der Waals surface area contributed by atoms with Gasteiger partial charge in [-0.15, -0.1) is 6.42 Å². The van der Waals surface area contributed by atoms with E-state index in [1.165, 1.54) is 96.3 Å². The molecule has 2 heteroatoms. The molecule has 0 saturated carbocycles. The van der Waals surface area contributed by atoms with E-state index >= 15 is 0 Å². The second-order valence-corrected chi connectivity index (χ2v) is 7.62. The van der Waals surface area contributed by atoms with Crippen LogP contribution in [-0.2, 0) is 0 Å². The molecule has 0 aromatic heterocycles. The first-order valence-corrected chi connectivity index (χ1v) is 11.4. The van der Waals surface area contributed by atoms with E-state index < -0.39 is 0 Å². The Labute approximate surface area is 212 Å². The second-order valence-electron chi connectivity index (χ2n) is 7.62. The number of hydrogen-bond donors (Lipinski definition) is 0. The molecule has 0 heterocycles. The SMILES string of the molecule is CCCCCCCCCCCCCCCC[CH-]CCOc1ccccc1.[K+]. The van der Waals surface area contributed by atoms with E-state index in [1.807, 2.05) is 30.3 Å². The van der Waals surface area contributed by atoms with E-state index in [9.17, 15) is 0 Å². The summed E-state index contributed by atoms with van der Waals surface area (Å²) in [4.78, 5) is 0. The Balaban J connectivity index is 0.00000676. The van der Waals surface area contributed by atoms with Crippen molar-refractivity contribution in [2.75, 3.05) is 6.61 Å². The Morgan fingerprint density at radius 2 is 1.11 bits per heavy atom. The van der Waals surface area contributed by atoms with Gasteiger partial charge in [0.1, 0.15) is 5.75 Å². The topological polar surface area (TPSA) is 9.23 Å². The van der Waals surface area contributed by atoms with Gasteiger partial charge < -0.3 is 11.2 Å². The first kappa shape index (κ1) is 27.7. The van der Waals surface area contributed by atoms with Gasteiger partial charge in [-0.25, -0.2) is 0 Å². The van der Waals surface area contributed by atoms with Gasteiger partial charge in [0.2, 0.25) is 0 Å². The molecule has 1 rings (SSSR count). The zero-order valence-corrected chi connectivity index (χ0v) is 21.5. The molecular formula is C25H43KO. The summed E-state index contributed by atoms with van der Waals surface area (Å²) in [7, 11) is 0. The molecule has 0 radical (unpaired) electrons. The Morgan fingerprint density at radius 3 is 1.63 bits per heavy atom. The maximum absolute atomic E-state index is 5.70. The zero-order chi connectivity index (χ0) is 18.5. The fourth-order valence-corrected chi connectivity index (χ4v) is 3.40. The van der Waals surface area contributed by atoms with Gasteiger partial charge >= 0.3 is 51.4 Å². The van der Waals surface area contributed by atoms with Crippen LogP contribution < -0.4 is 56.1 Å². The quantitative estimate of drug-likeness (QED) is 0.169. The Kier molecular flexibility index (Phi) is 23.5. The monoisotopic (exact) mass is 398 g/mol. The molecule has 0 unspecified atom stereocenters. The molecule has 0 aliphatic rings. The third-order valence-electron chi connectivity index (χ3n) is 5.10. The number of rotatable bonds is 19. The van der Waals surface area contributed by atoms with Gasteiger partial charge in [0.15, 0.2) is 0 Å². The molecule has 0 aliphatic heterocycles. The summed E-state index contributed by atoms with van der Waals surface area (Å²) >= 11 is 0. The number of unbranched alkanes of at least 4 members (excludes halogenated alkanes) is 16.